The SMILES string of the molecule is Cc1ccccc1C(=O)Nc1ccc(C(F)(F)F)cc1Cl. The largest absolute Gasteiger partial charge is 0.416 e. The van der Waals surface area contributed by atoms with Gasteiger partial charge in [0, 0.05) is 5.56 Å². The highest BCUT2D eigenvalue weighted by Gasteiger charge is 2.31. The lowest BCUT2D eigenvalue weighted by molar-refractivity contribution is -0.137. The summed E-state index contributed by atoms with van der Waals surface area (Å²) in [6, 6.07) is 9.69. The van der Waals surface area contributed by atoms with Crippen LogP contribution in [0.25, 0.3) is 0 Å². The molecule has 0 unspecified atom stereocenters. The average molecular weight is 314 g/mol. The van der Waals surface area contributed by atoms with Crippen LogP contribution in [0.3, 0.4) is 0 Å². The van der Waals surface area contributed by atoms with Crippen molar-refractivity contribution >= 4 is 23.2 Å². The molecule has 0 radical (unpaired) electrons. The predicted octanol–water partition coefficient (Wildman–Crippen LogP) is 4.92. The van der Waals surface area contributed by atoms with E-state index < -0.39 is 17.6 Å². The highest BCUT2D eigenvalue weighted by molar-refractivity contribution is 6.34. The van der Waals surface area contributed by atoms with Gasteiger partial charge in [0.2, 0.25) is 0 Å². The Labute approximate surface area is 124 Å². The van der Waals surface area contributed by atoms with Gasteiger partial charge in [0.25, 0.3) is 5.91 Å². The number of anilines is 1. The van der Waals surface area contributed by atoms with Gasteiger partial charge in [-0.05, 0) is 36.8 Å². The van der Waals surface area contributed by atoms with E-state index >= 15 is 0 Å². The molecule has 1 amide bonds. The van der Waals surface area contributed by atoms with Crippen LogP contribution in [0.1, 0.15) is 21.5 Å². The Kier molecular flexibility index (Phi) is 4.23. The summed E-state index contributed by atoms with van der Waals surface area (Å²) in [6.45, 7) is 1.77. The van der Waals surface area contributed by atoms with Crippen LogP contribution in [-0.4, -0.2) is 5.91 Å². The first kappa shape index (κ1) is 15.4. The molecule has 2 rings (SSSR count). The lowest BCUT2D eigenvalue weighted by atomic mass is 10.1. The van der Waals surface area contributed by atoms with Crippen LogP contribution in [0.15, 0.2) is 42.5 Å². The Bertz CT molecular complexity index is 683. The minimum atomic E-state index is -4.47. The number of hydrogen-bond donors (Lipinski definition) is 1. The molecule has 6 heteroatoms. The van der Waals surface area contributed by atoms with Gasteiger partial charge in [0.05, 0.1) is 16.3 Å². The molecule has 110 valence electrons. The second kappa shape index (κ2) is 5.77. The first-order valence-corrected chi connectivity index (χ1v) is 6.40. The van der Waals surface area contributed by atoms with Crippen molar-refractivity contribution in [1.29, 1.82) is 0 Å². The molecule has 0 atom stereocenters. The fourth-order valence-corrected chi connectivity index (χ4v) is 2.04. The van der Waals surface area contributed by atoms with Crippen molar-refractivity contribution in [2.24, 2.45) is 0 Å². The number of carbonyl (C=O) groups is 1. The van der Waals surface area contributed by atoms with Crippen molar-refractivity contribution in [3.8, 4) is 0 Å². The molecule has 0 aromatic heterocycles. The summed E-state index contributed by atoms with van der Waals surface area (Å²) in [4.78, 5) is 12.1. The van der Waals surface area contributed by atoms with E-state index in [0.29, 0.717) is 5.56 Å². The van der Waals surface area contributed by atoms with E-state index in [1.807, 2.05) is 0 Å². The van der Waals surface area contributed by atoms with Gasteiger partial charge in [0.15, 0.2) is 0 Å². The number of benzene rings is 2. The van der Waals surface area contributed by atoms with Crippen molar-refractivity contribution in [3.63, 3.8) is 0 Å². The van der Waals surface area contributed by atoms with E-state index in [1.165, 1.54) is 0 Å². The summed E-state index contributed by atoms with van der Waals surface area (Å²) >= 11 is 5.79. The lowest BCUT2D eigenvalue weighted by Crippen LogP contribution is -2.14. The molecule has 0 aliphatic heterocycles. The molecular weight excluding hydrogens is 303 g/mol. The number of hydrogen-bond acceptors (Lipinski definition) is 1. The summed E-state index contributed by atoms with van der Waals surface area (Å²) < 4.78 is 37.6. The molecule has 2 aromatic carbocycles. The maximum Gasteiger partial charge on any atom is 0.416 e. The van der Waals surface area contributed by atoms with E-state index in [4.69, 9.17) is 11.6 Å². The quantitative estimate of drug-likeness (QED) is 0.837. The van der Waals surface area contributed by atoms with Gasteiger partial charge in [-0.15, -0.1) is 0 Å². The number of aryl methyl sites for hydroxylation is 1. The van der Waals surface area contributed by atoms with Crippen LogP contribution in [0, 0.1) is 6.92 Å². The smallest absolute Gasteiger partial charge is 0.321 e. The van der Waals surface area contributed by atoms with Crippen LogP contribution in [0.2, 0.25) is 5.02 Å². The van der Waals surface area contributed by atoms with E-state index in [1.54, 1.807) is 31.2 Å². The van der Waals surface area contributed by atoms with Crippen molar-refractivity contribution < 1.29 is 18.0 Å². The summed E-state index contributed by atoms with van der Waals surface area (Å²) in [5.74, 6) is -0.422. The predicted molar refractivity (Wildman–Crippen MR) is 75.6 cm³/mol. The number of nitrogens with one attached hydrogen (secondary N) is 1. The van der Waals surface area contributed by atoms with E-state index in [-0.39, 0.29) is 10.7 Å². The first-order valence-electron chi connectivity index (χ1n) is 6.03. The van der Waals surface area contributed by atoms with Gasteiger partial charge < -0.3 is 5.32 Å². The lowest BCUT2D eigenvalue weighted by Gasteiger charge is -2.12. The molecule has 1 N–H and O–H groups in total. The third kappa shape index (κ3) is 3.55. The second-order valence-corrected chi connectivity index (χ2v) is 4.87. The Morgan fingerprint density at radius 2 is 1.81 bits per heavy atom. The van der Waals surface area contributed by atoms with Crippen LogP contribution < -0.4 is 5.32 Å². The minimum Gasteiger partial charge on any atom is -0.321 e. The van der Waals surface area contributed by atoms with E-state index in [0.717, 1.165) is 23.8 Å². The van der Waals surface area contributed by atoms with Gasteiger partial charge in [-0.25, -0.2) is 0 Å². The van der Waals surface area contributed by atoms with Crippen molar-refractivity contribution in [2.75, 3.05) is 5.32 Å². The fourth-order valence-electron chi connectivity index (χ4n) is 1.81. The molecule has 0 spiro atoms. The van der Waals surface area contributed by atoms with Gasteiger partial charge in [0.1, 0.15) is 0 Å². The third-order valence-electron chi connectivity index (χ3n) is 2.93. The van der Waals surface area contributed by atoms with Crippen LogP contribution in [-0.2, 0) is 6.18 Å². The van der Waals surface area contributed by atoms with E-state index in [2.05, 4.69) is 5.32 Å². The standard InChI is InChI=1S/C15H11ClF3NO/c1-9-4-2-3-5-11(9)14(21)20-13-7-6-10(8-12(13)16)15(17,18)19/h2-8H,1H3,(H,20,21). The van der Waals surface area contributed by atoms with Gasteiger partial charge in [-0.1, -0.05) is 29.8 Å². The Morgan fingerprint density at radius 1 is 1.14 bits per heavy atom. The Hall–Kier alpha value is -2.01. The van der Waals surface area contributed by atoms with Crippen molar-refractivity contribution in [1.82, 2.24) is 0 Å². The van der Waals surface area contributed by atoms with Gasteiger partial charge in [-0.2, -0.15) is 13.2 Å². The number of amides is 1. The monoisotopic (exact) mass is 313 g/mol. The third-order valence-corrected chi connectivity index (χ3v) is 3.25. The maximum absolute atomic E-state index is 12.5. The second-order valence-electron chi connectivity index (χ2n) is 4.46. The number of alkyl halides is 3. The molecular formula is C15H11ClF3NO. The minimum absolute atomic E-state index is 0.137. The molecule has 0 fully saturated rings. The van der Waals surface area contributed by atoms with Crippen molar-refractivity contribution in [3.05, 3.63) is 64.2 Å². The highest BCUT2D eigenvalue weighted by atomic mass is 35.5. The molecule has 0 saturated heterocycles. The zero-order valence-electron chi connectivity index (χ0n) is 11.0. The summed E-state index contributed by atoms with van der Waals surface area (Å²) in [7, 11) is 0. The average Bonchev–Trinajstić information content (AvgIpc) is 2.40. The number of carbonyl (C=O) groups excluding carboxylic acids is 1. The molecule has 2 aromatic rings. The Balaban J connectivity index is 2.25. The normalized spacial score (nSPS) is 11.3. The summed E-state index contributed by atoms with van der Waals surface area (Å²) in [5.41, 5.74) is 0.478. The van der Waals surface area contributed by atoms with Gasteiger partial charge in [-0.3, -0.25) is 4.79 Å². The van der Waals surface area contributed by atoms with Crippen LogP contribution in [0.4, 0.5) is 18.9 Å². The Morgan fingerprint density at radius 3 is 2.38 bits per heavy atom. The van der Waals surface area contributed by atoms with E-state index in [9.17, 15) is 18.0 Å². The molecule has 0 saturated carbocycles. The van der Waals surface area contributed by atoms with Gasteiger partial charge >= 0.3 is 6.18 Å². The topological polar surface area (TPSA) is 29.1 Å². The van der Waals surface area contributed by atoms with Crippen molar-refractivity contribution in [2.45, 2.75) is 13.1 Å². The molecule has 0 aliphatic carbocycles. The molecule has 0 aliphatic rings. The molecule has 2 nitrogen and oxygen atoms in total. The molecule has 0 heterocycles. The van der Waals surface area contributed by atoms with Crippen LogP contribution >= 0.6 is 11.6 Å². The molecule has 21 heavy (non-hydrogen) atoms. The summed E-state index contributed by atoms with van der Waals surface area (Å²) in [5, 5.41) is 2.35. The number of halogens is 4. The highest BCUT2D eigenvalue weighted by Crippen LogP contribution is 2.33. The molecule has 0 bridgehead atoms. The zero-order valence-corrected chi connectivity index (χ0v) is 11.7. The van der Waals surface area contributed by atoms with Crippen LogP contribution in [0.5, 0.6) is 0 Å². The summed E-state index contributed by atoms with van der Waals surface area (Å²) in [6.07, 6.45) is -4.47. The zero-order chi connectivity index (χ0) is 15.6. The first-order chi connectivity index (χ1) is 9.79. The fraction of sp³-hybridized carbons (Fsp3) is 0.133. The maximum atomic E-state index is 12.5. The number of rotatable bonds is 2.